The summed E-state index contributed by atoms with van der Waals surface area (Å²) in [7, 11) is 1.53. The average molecular weight is 286 g/mol. The predicted molar refractivity (Wildman–Crippen MR) is 76.9 cm³/mol. The Morgan fingerprint density at radius 3 is 2.21 bits per heavy atom. The van der Waals surface area contributed by atoms with Crippen molar-refractivity contribution < 1.29 is 14.6 Å². The van der Waals surface area contributed by atoms with E-state index in [4.69, 9.17) is 16.3 Å². The molecule has 1 amide bonds. The van der Waals surface area contributed by atoms with E-state index < -0.39 is 0 Å². The fourth-order valence-electron chi connectivity index (χ4n) is 2.09. The van der Waals surface area contributed by atoms with E-state index in [0.717, 1.165) is 16.8 Å². The lowest BCUT2D eigenvalue weighted by Gasteiger charge is -2.26. The van der Waals surface area contributed by atoms with E-state index in [1.165, 1.54) is 12.0 Å². The molecule has 0 unspecified atom stereocenters. The first-order valence-electron chi connectivity index (χ1n) is 6.28. The van der Waals surface area contributed by atoms with Gasteiger partial charge in [0.1, 0.15) is 18.4 Å². The summed E-state index contributed by atoms with van der Waals surface area (Å²) < 4.78 is 5.09. The smallest absolute Gasteiger partial charge is 0.243 e. The molecule has 0 bridgehead atoms. The van der Waals surface area contributed by atoms with Crippen LogP contribution in [0.3, 0.4) is 0 Å². The quantitative estimate of drug-likeness (QED) is 0.646. The molecule has 0 saturated heterocycles. The molecule has 1 aromatic carbocycles. The SMILES string of the molecule is CCc1cc(O)cc(CC)c1N(COC)C(=O)CCl. The number of rotatable bonds is 6. The number of amides is 1. The zero-order valence-corrected chi connectivity index (χ0v) is 12.3. The number of carbonyl (C=O) groups excluding carboxylic acids is 1. The van der Waals surface area contributed by atoms with Crippen molar-refractivity contribution in [2.24, 2.45) is 0 Å². The molecule has 0 aliphatic carbocycles. The van der Waals surface area contributed by atoms with E-state index in [0.29, 0.717) is 12.8 Å². The Morgan fingerprint density at radius 2 is 1.84 bits per heavy atom. The van der Waals surface area contributed by atoms with E-state index in [-0.39, 0.29) is 24.3 Å². The van der Waals surface area contributed by atoms with Gasteiger partial charge in [-0.05, 0) is 36.1 Å². The van der Waals surface area contributed by atoms with Crippen molar-refractivity contribution in [1.29, 1.82) is 0 Å². The van der Waals surface area contributed by atoms with Gasteiger partial charge in [0.05, 0.1) is 5.69 Å². The van der Waals surface area contributed by atoms with Crippen molar-refractivity contribution in [1.82, 2.24) is 0 Å². The fourth-order valence-corrected chi connectivity index (χ4v) is 2.23. The summed E-state index contributed by atoms with van der Waals surface area (Å²) in [4.78, 5) is 13.5. The zero-order valence-electron chi connectivity index (χ0n) is 11.6. The number of benzene rings is 1. The topological polar surface area (TPSA) is 49.8 Å². The number of anilines is 1. The minimum absolute atomic E-state index is 0.101. The standard InChI is InChI=1S/C14H20ClNO3/c1-4-10-6-12(17)7-11(5-2)14(10)16(9-19-3)13(18)8-15/h6-7,17H,4-5,8-9H2,1-3H3. The molecule has 5 heteroatoms. The molecule has 0 heterocycles. The molecular formula is C14H20ClNO3. The summed E-state index contributed by atoms with van der Waals surface area (Å²) in [5.74, 6) is -0.0944. The first kappa shape index (κ1) is 15.8. The average Bonchev–Trinajstić information content (AvgIpc) is 2.43. The summed E-state index contributed by atoms with van der Waals surface area (Å²) in [6.45, 7) is 4.11. The summed E-state index contributed by atoms with van der Waals surface area (Å²) in [6, 6.07) is 3.36. The number of halogens is 1. The van der Waals surface area contributed by atoms with Gasteiger partial charge in [-0.25, -0.2) is 0 Å². The van der Waals surface area contributed by atoms with Crippen LogP contribution in [0.25, 0.3) is 0 Å². The van der Waals surface area contributed by atoms with Crippen molar-refractivity contribution in [3.63, 3.8) is 0 Å². The number of aryl methyl sites for hydroxylation is 2. The maximum Gasteiger partial charge on any atom is 0.243 e. The molecule has 0 saturated carbocycles. The summed E-state index contributed by atoms with van der Waals surface area (Å²) >= 11 is 5.66. The summed E-state index contributed by atoms with van der Waals surface area (Å²) in [5, 5.41) is 9.73. The molecule has 0 fully saturated rings. The van der Waals surface area contributed by atoms with Crippen molar-refractivity contribution in [3.8, 4) is 5.75 Å². The molecule has 0 aromatic heterocycles. The van der Waals surface area contributed by atoms with Gasteiger partial charge < -0.3 is 9.84 Å². The molecule has 1 N–H and O–H groups in total. The number of phenolic OH excluding ortho intramolecular Hbond substituents is 1. The Bertz CT molecular complexity index is 423. The second kappa shape index (κ2) is 7.36. The number of methoxy groups -OCH3 is 1. The minimum atomic E-state index is -0.210. The molecule has 0 spiro atoms. The molecule has 0 radical (unpaired) electrons. The molecule has 0 aliphatic heterocycles. The normalized spacial score (nSPS) is 10.5. The van der Waals surface area contributed by atoms with Crippen LogP contribution in [0, 0.1) is 0 Å². The second-order valence-corrected chi connectivity index (χ2v) is 4.46. The van der Waals surface area contributed by atoms with Gasteiger partial charge in [0.25, 0.3) is 0 Å². The van der Waals surface area contributed by atoms with Crippen LogP contribution in [0.4, 0.5) is 5.69 Å². The van der Waals surface area contributed by atoms with Crippen LogP contribution in [-0.4, -0.2) is 30.7 Å². The van der Waals surface area contributed by atoms with Gasteiger partial charge in [-0.3, -0.25) is 9.69 Å². The molecule has 19 heavy (non-hydrogen) atoms. The highest BCUT2D eigenvalue weighted by Crippen LogP contribution is 2.31. The lowest BCUT2D eigenvalue weighted by molar-refractivity contribution is -0.117. The lowest BCUT2D eigenvalue weighted by atomic mass is 10.0. The van der Waals surface area contributed by atoms with Gasteiger partial charge >= 0.3 is 0 Å². The van der Waals surface area contributed by atoms with Gasteiger partial charge in [-0.15, -0.1) is 11.6 Å². The third-order valence-electron chi connectivity index (χ3n) is 2.96. The number of hydrogen-bond acceptors (Lipinski definition) is 3. The Kier molecular flexibility index (Phi) is 6.12. The highest BCUT2D eigenvalue weighted by Gasteiger charge is 2.21. The number of alkyl halides is 1. The Hall–Kier alpha value is -1.26. The zero-order chi connectivity index (χ0) is 14.4. The van der Waals surface area contributed by atoms with Crippen molar-refractivity contribution >= 4 is 23.2 Å². The minimum Gasteiger partial charge on any atom is -0.508 e. The fraction of sp³-hybridized carbons (Fsp3) is 0.500. The van der Waals surface area contributed by atoms with Gasteiger partial charge in [-0.1, -0.05) is 13.8 Å². The predicted octanol–water partition coefficient (Wildman–Crippen LogP) is 2.69. The van der Waals surface area contributed by atoms with Gasteiger partial charge in [0.2, 0.25) is 5.91 Å². The third-order valence-corrected chi connectivity index (χ3v) is 3.19. The Labute approximate surface area is 118 Å². The third kappa shape index (κ3) is 3.61. The number of phenols is 1. The first-order chi connectivity index (χ1) is 9.08. The van der Waals surface area contributed by atoms with Crippen molar-refractivity contribution in [2.45, 2.75) is 26.7 Å². The number of hydrogen-bond donors (Lipinski definition) is 1. The molecule has 1 rings (SSSR count). The summed E-state index contributed by atoms with van der Waals surface area (Å²) in [6.07, 6.45) is 1.43. The molecule has 0 atom stereocenters. The molecular weight excluding hydrogens is 266 g/mol. The number of ether oxygens (including phenoxy) is 1. The van der Waals surface area contributed by atoms with Gasteiger partial charge in [-0.2, -0.15) is 0 Å². The van der Waals surface area contributed by atoms with Crippen LogP contribution in [0.5, 0.6) is 5.75 Å². The van der Waals surface area contributed by atoms with Crippen molar-refractivity contribution in [2.75, 3.05) is 24.6 Å². The number of carbonyl (C=O) groups is 1. The van der Waals surface area contributed by atoms with E-state index in [1.54, 1.807) is 12.1 Å². The highest BCUT2D eigenvalue weighted by atomic mass is 35.5. The van der Waals surface area contributed by atoms with E-state index >= 15 is 0 Å². The van der Waals surface area contributed by atoms with Crippen LogP contribution < -0.4 is 4.90 Å². The van der Waals surface area contributed by atoms with Gasteiger partial charge in [0.15, 0.2) is 0 Å². The number of nitrogens with zero attached hydrogens (tertiary/aromatic N) is 1. The maximum absolute atomic E-state index is 12.0. The first-order valence-corrected chi connectivity index (χ1v) is 6.82. The van der Waals surface area contributed by atoms with Crippen LogP contribution in [0.1, 0.15) is 25.0 Å². The van der Waals surface area contributed by atoms with Crippen molar-refractivity contribution in [3.05, 3.63) is 23.3 Å². The molecule has 106 valence electrons. The highest BCUT2D eigenvalue weighted by molar-refractivity contribution is 6.29. The van der Waals surface area contributed by atoms with Crippen LogP contribution in [0.2, 0.25) is 0 Å². The molecule has 0 aliphatic rings. The Balaban J connectivity index is 3.38. The van der Waals surface area contributed by atoms with Crippen LogP contribution in [0.15, 0.2) is 12.1 Å². The summed E-state index contributed by atoms with van der Waals surface area (Å²) in [5.41, 5.74) is 2.62. The molecule has 1 aromatic rings. The van der Waals surface area contributed by atoms with E-state index in [9.17, 15) is 9.90 Å². The van der Waals surface area contributed by atoms with E-state index in [1.807, 2.05) is 13.8 Å². The van der Waals surface area contributed by atoms with Crippen LogP contribution >= 0.6 is 11.6 Å². The largest absolute Gasteiger partial charge is 0.508 e. The monoisotopic (exact) mass is 285 g/mol. The Morgan fingerprint density at radius 1 is 1.32 bits per heavy atom. The van der Waals surface area contributed by atoms with Gasteiger partial charge in [0, 0.05) is 7.11 Å². The molecule has 4 nitrogen and oxygen atoms in total. The van der Waals surface area contributed by atoms with E-state index in [2.05, 4.69) is 0 Å². The lowest BCUT2D eigenvalue weighted by Crippen LogP contribution is -2.35. The maximum atomic E-state index is 12.0. The van der Waals surface area contributed by atoms with Crippen LogP contribution in [-0.2, 0) is 22.4 Å². The number of aromatic hydroxyl groups is 1. The second-order valence-electron chi connectivity index (χ2n) is 4.19.